The molecule has 3 rings (SSSR count). The maximum Gasteiger partial charge on any atom is 0.273 e. The van der Waals surface area contributed by atoms with Crippen molar-refractivity contribution < 1.29 is 14.1 Å². The van der Waals surface area contributed by atoms with Crippen LogP contribution in [0.2, 0.25) is 0 Å². The van der Waals surface area contributed by atoms with Crippen LogP contribution in [-0.2, 0) is 11.3 Å². The minimum absolute atomic E-state index is 0.0839. The largest absolute Gasteiger partial charge is 0.361 e. The fraction of sp³-hybridized carbons (Fsp3) is 0.556. The summed E-state index contributed by atoms with van der Waals surface area (Å²) >= 11 is 0. The number of imidazole rings is 1. The first-order chi connectivity index (χ1) is 13.0. The van der Waals surface area contributed by atoms with Crippen molar-refractivity contribution in [3.05, 3.63) is 35.7 Å². The van der Waals surface area contributed by atoms with Gasteiger partial charge in [0.1, 0.15) is 11.6 Å². The van der Waals surface area contributed by atoms with Crippen LogP contribution in [0, 0.1) is 6.92 Å². The summed E-state index contributed by atoms with van der Waals surface area (Å²) in [5, 5.41) is 6.73. The Hall–Kier alpha value is -2.68. The average molecular weight is 374 g/mol. The molecule has 0 aromatic carbocycles. The van der Waals surface area contributed by atoms with Crippen molar-refractivity contribution in [1.29, 1.82) is 0 Å². The Morgan fingerprint density at radius 1 is 1.41 bits per heavy atom. The zero-order chi connectivity index (χ0) is 19.4. The Morgan fingerprint density at radius 3 is 2.78 bits per heavy atom. The Kier molecular flexibility index (Phi) is 5.90. The van der Waals surface area contributed by atoms with Crippen LogP contribution in [0.3, 0.4) is 0 Å². The lowest BCUT2D eigenvalue weighted by atomic mass is 10.1. The van der Waals surface area contributed by atoms with Gasteiger partial charge in [0.25, 0.3) is 5.91 Å². The zero-order valence-corrected chi connectivity index (χ0v) is 15.9. The van der Waals surface area contributed by atoms with Gasteiger partial charge in [-0.3, -0.25) is 14.5 Å². The second-order valence-corrected chi connectivity index (χ2v) is 6.72. The molecule has 1 fully saturated rings. The van der Waals surface area contributed by atoms with E-state index in [0.717, 1.165) is 5.82 Å². The van der Waals surface area contributed by atoms with Crippen molar-refractivity contribution in [2.24, 2.45) is 0 Å². The second-order valence-electron chi connectivity index (χ2n) is 6.72. The normalized spacial score (nSPS) is 20.0. The number of aromatic nitrogens is 3. The summed E-state index contributed by atoms with van der Waals surface area (Å²) in [6.45, 7) is 8.11. The molecule has 3 heterocycles. The molecular formula is C18H26N6O3. The van der Waals surface area contributed by atoms with Crippen molar-refractivity contribution in [1.82, 2.24) is 30.2 Å². The SMILES string of the molecule is CCN(CC)C(=O)[C@@H]1C[C@H](NC(=O)c2cc(C)on2)CN1Cc1ncc[nH]1. The predicted octanol–water partition coefficient (Wildman–Crippen LogP) is 0.947. The van der Waals surface area contributed by atoms with Crippen molar-refractivity contribution in [3.8, 4) is 0 Å². The molecule has 2 aromatic heterocycles. The second kappa shape index (κ2) is 8.34. The van der Waals surface area contributed by atoms with Gasteiger partial charge in [-0.05, 0) is 27.2 Å². The zero-order valence-electron chi connectivity index (χ0n) is 15.9. The topological polar surface area (TPSA) is 107 Å². The molecule has 9 heteroatoms. The van der Waals surface area contributed by atoms with Crippen LogP contribution in [-0.4, -0.2) is 68.5 Å². The molecule has 1 aliphatic rings. The van der Waals surface area contributed by atoms with Crippen LogP contribution < -0.4 is 5.32 Å². The number of aromatic amines is 1. The first kappa shape index (κ1) is 19.1. The Bertz CT molecular complexity index is 768. The van der Waals surface area contributed by atoms with Crippen LogP contribution in [0.4, 0.5) is 0 Å². The van der Waals surface area contributed by atoms with Gasteiger partial charge in [0.15, 0.2) is 5.69 Å². The highest BCUT2D eigenvalue weighted by Crippen LogP contribution is 2.22. The fourth-order valence-electron chi connectivity index (χ4n) is 3.50. The molecule has 0 spiro atoms. The van der Waals surface area contributed by atoms with Gasteiger partial charge in [0.05, 0.1) is 12.6 Å². The Balaban J connectivity index is 1.71. The van der Waals surface area contributed by atoms with Crippen LogP contribution >= 0.6 is 0 Å². The Labute approximate surface area is 158 Å². The van der Waals surface area contributed by atoms with Crippen molar-refractivity contribution >= 4 is 11.8 Å². The molecule has 0 unspecified atom stereocenters. The van der Waals surface area contributed by atoms with Crippen LogP contribution in [0.25, 0.3) is 0 Å². The highest BCUT2D eigenvalue weighted by molar-refractivity contribution is 5.92. The highest BCUT2D eigenvalue weighted by Gasteiger charge is 2.39. The number of hydrogen-bond acceptors (Lipinski definition) is 6. The van der Waals surface area contributed by atoms with Crippen molar-refractivity contribution in [2.75, 3.05) is 19.6 Å². The van der Waals surface area contributed by atoms with Gasteiger partial charge in [-0.25, -0.2) is 4.98 Å². The molecule has 0 bridgehead atoms. The molecule has 1 saturated heterocycles. The minimum atomic E-state index is -0.292. The molecule has 9 nitrogen and oxygen atoms in total. The molecule has 146 valence electrons. The van der Waals surface area contributed by atoms with Crippen molar-refractivity contribution in [3.63, 3.8) is 0 Å². The number of carbonyl (C=O) groups excluding carboxylic acids is 2. The lowest BCUT2D eigenvalue weighted by Crippen LogP contribution is -2.45. The van der Waals surface area contributed by atoms with Gasteiger partial charge >= 0.3 is 0 Å². The molecule has 2 atom stereocenters. The lowest BCUT2D eigenvalue weighted by Gasteiger charge is -2.28. The standard InChI is InChI=1S/C18H26N6O3/c1-4-23(5-2)18(26)15-9-13(10-24(15)11-16-19-6-7-20-16)21-17(25)14-8-12(3)27-22-14/h6-8,13,15H,4-5,9-11H2,1-3H3,(H,19,20)(H,21,25)/t13-,15-/m0/s1. The van der Waals surface area contributed by atoms with Gasteiger partial charge in [-0.1, -0.05) is 5.16 Å². The van der Waals surface area contributed by atoms with Gasteiger partial charge in [-0.15, -0.1) is 0 Å². The first-order valence-corrected chi connectivity index (χ1v) is 9.27. The number of likely N-dealkylation sites (tertiary alicyclic amines) is 1. The molecule has 0 aliphatic carbocycles. The van der Waals surface area contributed by atoms with E-state index in [-0.39, 0.29) is 29.6 Å². The summed E-state index contributed by atoms with van der Waals surface area (Å²) in [6.07, 6.45) is 4.01. The van der Waals surface area contributed by atoms with E-state index in [2.05, 4.69) is 25.3 Å². The van der Waals surface area contributed by atoms with Gasteiger partial charge in [0, 0.05) is 44.1 Å². The number of amides is 2. The molecule has 27 heavy (non-hydrogen) atoms. The number of likely N-dealkylation sites (N-methyl/N-ethyl adjacent to an activating group) is 1. The quantitative estimate of drug-likeness (QED) is 0.747. The third-order valence-electron chi connectivity index (χ3n) is 4.87. The molecule has 0 saturated carbocycles. The molecule has 2 aromatic rings. The van der Waals surface area contributed by atoms with Crippen molar-refractivity contribution in [2.45, 2.75) is 45.8 Å². The summed E-state index contributed by atoms with van der Waals surface area (Å²) in [5.74, 6) is 1.18. The summed E-state index contributed by atoms with van der Waals surface area (Å²) in [6, 6.07) is 1.16. The fourth-order valence-corrected chi connectivity index (χ4v) is 3.50. The monoisotopic (exact) mass is 374 g/mol. The first-order valence-electron chi connectivity index (χ1n) is 9.27. The number of nitrogens with one attached hydrogen (secondary N) is 2. The van der Waals surface area contributed by atoms with E-state index in [1.54, 1.807) is 25.4 Å². The predicted molar refractivity (Wildman–Crippen MR) is 97.8 cm³/mol. The molecule has 0 radical (unpaired) electrons. The van der Waals surface area contributed by atoms with Crippen LogP contribution in [0.5, 0.6) is 0 Å². The van der Waals surface area contributed by atoms with E-state index >= 15 is 0 Å². The smallest absolute Gasteiger partial charge is 0.273 e. The van der Waals surface area contributed by atoms with Gasteiger partial charge in [-0.2, -0.15) is 0 Å². The third kappa shape index (κ3) is 4.36. The van der Waals surface area contributed by atoms with Gasteiger partial charge in [0.2, 0.25) is 5.91 Å². The number of carbonyl (C=O) groups is 2. The lowest BCUT2D eigenvalue weighted by molar-refractivity contribution is -0.135. The van der Waals surface area contributed by atoms with Gasteiger partial charge < -0.3 is 19.7 Å². The summed E-state index contributed by atoms with van der Waals surface area (Å²) < 4.78 is 4.97. The average Bonchev–Trinajstić information content (AvgIpc) is 3.38. The van der Waals surface area contributed by atoms with E-state index in [9.17, 15) is 9.59 Å². The number of rotatable bonds is 7. The number of H-pyrrole nitrogens is 1. The summed E-state index contributed by atoms with van der Waals surface area (Å²) in [7, 11) is 0. The summed E-state index contributed by atoms with van der Waals surface area (Å²) in [5.41, 5.74) is 0.253. The molecular weight excluding hydrogens is 348 g/mol. The molecule has 1 aliphatic heterocycles. The highest BCUT2D eigenvalue weighted by atomic mass is 16.5. The van der Waals surface area contributed by atoms with E-state index < -0.39 is 0 Å². The number of aryl methyl sites for hydroxylation is 1. The number of nitrogens with zero attached hydrogens (tertiary/aromatic N) is 4. The Morgan fingerprint density at radius 2 is 2.19 bits per heavy atom. The third-order valence-corrected chi connectivity index (χ3v) is 4.87. The van der Waals surface area contributed by atoms with Crippen LogP contribution in [0.1, 0.15) is 42.3 Å². The van der Waals surface area contributed by atoms with E-state index in [4.69, 9.17) is 4.52 Å². The van der Waals surface area contributed by atoms with Crippen LogP contribution in [0.15, 0.2) is 23.0 Å². The van der Waals surface area contributed by atoms with E-state index in [0.29, 0.717) is 38.4 Å². The van der Waals surface area contributed by atoms with E-state index in [1.165, 1.54) is 0 Å². The van der Waals surface area contributed by atoms with E-state index in [1.807, 2.05) is 18.7 Å². The maximum absolute atomic E-state index is 13.0. The molecule has 2 amide bonds. The number of hydrogen-bond donors (Lipinski definition) is 2. The minimum Gasteiger partial charge on any atom is -0.361 e. The molecule has 2 N–H and O–H groups in total. The summed E-state index contributed by atoms with van der Waals surface area (Å²) in [4.78, 5) is 36.6. The maximum atomic E-state index is 13.0.